The number of benzene rings is 2. The van der Waals surface area contributed by atoms with E-state index in [1.165, 1.54) is 12.1 Å². The molecule has 2 aromatic carbocycles. The summed E-state index contributed by atoms with van der Waals surface area (Å²) < 4.78 is 13.6. The summed E-state index contributed by atoms with van der Waals surface area (Å²) in [5, 5.41) is 14.5. The third-order valence-electron chi connectivity index (χ3n) is 4.76. The summed E-state index contributed by atoms with van der Waals surface area (Å²) >= 11 is 0. The van der Waals surface area contributed by atoms with Crippen molar-refractivity contribution in [2.75, 3.05) is 5.32 Å². The number of nitrogens with zero attached hydrogens (tertiary/aromatic N) is 1. The Morgan fingerprint density at radius 2 is 2.09 bits per heavy atom. The van der Waals surface area contributed by atoms with Gasteiger partial charge < -0.3 is 5.32 Å². The van der Waals surface area contributed by atoms with E-state index in [0.29, 0.717) is 0 Å². The Morgan fingerprint density at radius 1 is 1.22 bits per heavy atom. The van der Waals surface area contributed by atoms with Crippen LogP contribution in [0.3, 0.4) is 0 Å². The Hall–Kier alpha value is -2.69. The molecule has 0 saturated carbocycles. The van der Waals surface area contributed by atoms with E-state index in [2.05, 4.69) is 17.5 Å². The zero-order chi connectivity index (χ0) is 16.0. The molecular formula is C18H15FN2O2. The number of allylic oxidation sites excluding steroid dienone is 2. The van der Waals surface area contributed by atoms with Gasteiger partial charge in [0.25, 0.3) is 5.69 Å². The van der Waals surface area contributed by atoms with Gasteiger partial charge >= 0.3 is 0 Å². The number of fused-ring (bicyclic) bond motifs is 3. The van der Waals surface area contributed by atoms with Crippen molar-refractivity contribution < 1.29 is 9.31 Å². The first-order valence-electron chi connectivity index (χ1n) is 7.60. The van der Waals surface area contributed by atoms with Crippen molar-refractivity contribution in [3.05, 3.63) is 81.7 Å². The van der Waals surface area contributed by atoms with Crippen molar-refractivity contribution in [2.45, 2.75) is 18.4 Å². The van der Waals surface area contributed by atoms with E-state index in [1.54, 1.807) is 24.3 Å². The topological polar surface area (TPSA) is 55.2 Å². The predicted octanol–water partition coefficient (Wildman–Crippen LogP) is 4.56. The highest BCUT2D eigenvalue weighted by molar-refractivity contribution is 5.62. The summed E-state index contributed by atoms with van der Waals surface area (Å²) in [7, 11) is 0. The van der Waals surface area contributed by atoms with Crippen LogP contribution in [-0.2, 0) is 0 Å². The Bertz CT molecular complexity index is 818. The van der Waals surface area contributed by atoms with Crippen LogP contribution in [0.2, 0.25) is 0 Å². The van der Waals surface area contributed by atoms with Gasteiger partial charge in [-0.3, -0.25) is 10.1 Å². The molecular weight excluding hydrogens is 295 g/mol. The normalized spacial score (nSPS) is 24.7. The van der Waals surface area contributed by atoms with Crippen molar-refractivity contribution in [1.29, 1.82) is 0 Å². The minimum Gasteiger partial charge on any atom is -0.378 e. The highest BCUT2D eigenvalue weighted by Gasteiger charge is 2.38. The number of non-ortho nitro benzene ring substituents is 1. The van der Waals surface area contributed by atoms with Gasteiger partial charge in [-0.25, -0.2) is 4.39 Å². The van der Waals surface area contributed by atoms with E-state index < -0.39 is 0 Å². The van der Waals surface area contributed by atoms with Crippen LogP contribution >= 0.6 is 0 Å². The number of halogens is 1. The van der Waals surface area contributed by atoms with Crippen molar-refractivity contribution in [3.8, 4) is 0 Å². The number of rotatable bonds is 2. The molecule has 4 rings (SSSR count). The average Bonchev–Trinajstić information content (AvgIpc) is 3.03. The van der Waals surface area contributed by atoms with Crippen LogP contribution in [-0.4, -0.2) is 4.92 Å². The number of hydrogen-bond acceptors (Lipinski definition) is 3. The molecule has 0 bridgehead atoms. The Balaban J connectivity index is 1.79. The van der Waals surface area contributed by atoms with E-state index in [1.807, 2.05) is 6.07 Å². The lowest BCUT2D eigenvalue weighted by molar-refractivity contribution is -0.384. The lowest BCUT2D eigenvalue weighted by Crippen LogP contribution is -2.29. The van der Waals surface area contributed by atoms with Crippen LogP contribution in [0.15, 0.2) is 54.6 Å². The zero-order valence-corrected chi connectivity index (χ0v) is 12.3. The molecule has 0 saturated heterocycles. The maximum atomic E-state index is 13.6. The van der Waals surface area contributed by atoms with Crippen molar-refractivity contribution in [1.82, 2.24) is 0 Å². The number of anilines is 1. The van der Waals surface area contributed by atoms with Crippen LogP contribution in [0.5, 0.6) is 0 Å². The molecule has 0 aromatic heterocycles. The molecule has 2 aliphatic rings. The fourth-order valence-corrected chi connectivity index (χ4v) is 3.73. The SMILES string of the molecule is O=[N+]([O-])c1ccc2c(c1)[C@@H]1C=CC[C@@H]1[C@@H](c1cccc(F)c1)N2. The van der Waals surface area contributed by atoms with Crippen LogP contribution in [0.4, 0.5) is 15.8 Å². The smallest absolute Gasteiger partial charge is 0.269 e. The predicted molar refractivity (Wildman–Crippen MR) is 85.8 cm³/mol. The zero-order valence-electron chi connectivity index (χ0n) is 12.3. The summed E-state index contributed by atoms with van der Waals surface area (Å²) in [4.78, 5) is 10.7. The van der Waals surface area contributed by atoms with E-state index in [-0.39, 0.29) is 34.3 Å². The summed E-state index contributed by atoms with van der Waals surface area (Å²) in [5.74, 6) is 0.118. The molecule has 0 fully saturated rings. The van der Waals surface area contributed by atoms with E-state index in [9.17, 15) is 14.5 Å². The van der Waals surface area contributed by atoms with Crippen molar-refractivity contribution in [3.63, 3.8) is 0 Å². The second kappa shape index (κ2) is 5.19. The molecule has 0 spiro atoms. The highest BCUT2D eigenvalue weighted by Crippen LogP contribution is 2.50. The molecule has 1 heterocycles. The lowest BCUT2D eigenvalue weighted by Gasteiger charge is -2.37. The van der Waals surface area contributed by atoms with E-state index in [0.717, 1.165) is 23.2 Å². The van der Waals surface area contributed by atoms with Gasteiger partial charge in [-0.05, 0) is 41.7 Å². The number of nitrogens with one attached hydrogen (secondary N) is 1. The van der Waals surface area contributed by atoms with Gasteiger partial charge in [0.15, 0.2) is 0 Å². The molecule has 1 N–H and O–H groups in total. The fraction of sp³-hybridized carbons (Fsp3) is 0.222. The van der Waals surface area contributed by atoms with Crippen molar-refractivity contribution in [2.24, 2.45) is 5.92 Å². The van der Waals surface area contributed by atoms with Crippen LogP contribution < -0.4 is 5.32 Å². The summed E-state index contributed by atoms with van der Waals surface area (Å²) in [6, 6.07) is 11.5. The summed E-state index contributed by atoms with van der Waals surface area (Å²) in [6.45, 7) is 0. The number of nitro benzene ring substituents is 1. The first-order chi connectivity index (χ1) is 11.1. The third kappa shape index (κ3) is 2.29. The second-order valence-corrected chi connectivity index (χ2v) is 6.06. The summed E-state index contributed by atoms with van der Waals surface area (Å²) in [6.07, 6.45) is 5.10. The largest absolute Gasteiger partial charge is 0.378 e. The first kappa shape index (κ1) is 13.9. The molecule has 3 atom stereocenters. The molecule has 0 radical (unpaired) electrons. The molecule has 4 nitrogen and oxygen atoms in total. The average molecular weight is 310 g/mol. The van der Waals surface area contributed by atoms with Gasteiger partial charge in [-0.2, -0.15) is 0 Å². The van der Waals surface area contributed by atoms with Crippen LogP contribution in [0, 0.1) is 21.8 Å². The third-order valence-corrected chi connectivity index (χ3v) is 4.76. The van der Waals surface area contributed by atoms with Gasteiger partial charge in [0.1, 0.15) is 5.82 Å². The Morgan fingerprint density at radius 3 is 2.87 bits per heavy atom. The van der Waals surface area contributed by atoms with Crippen molar-refractivity contribution >= 4 is 11.4 Å². The van der Waals surface area contributed by atoms with E-state index >= 15 is 0 Å². The van der Waals surface area contributed by atoms with Gasteiger partial charge in [-0.1, -0.05) is 24.3 Å². The number of hydrogen-bond donors (Lipinski definition) is 1. The maximum Gasteiger partial charge on any atom is 0.269 e. The molecule has 5 heteroatoms. The van der Waals surface area contributed by atoms with Gasteiger partial charge in [-0.15, -0.1) is 0 Å². The van der Waals surface area contributed by atoms with Gasteiger partial charge in [0.05, 0.1) is 11.0 Å². The molecule has 23 heavy (non-hydrogen) atoms. The first-order valence-corrected chi connectivity index (χ1v) is 7.60. The minimum atomic E-state index is -0.368. The molecule has 0 unspecified atom stereocenters. The fourth-order valence-electron chi connectivity index (χ4n) is 3.73. The monoisotopic (exact) mass is 310 g/mol. The molecule has 0 amide bonds. The highest BCUT2D eigenvalue weighted by atomic mass is 19.1. The molecule has 116 valence electrons. The number of nitro groups is 1. The summed E-state index contributed by atoms with van der Waals surface area (Å²) in [5.41, 5.74) is 2.85. The van der Waals surface area contributed by atoms with Crippen LogP contribution in [0.1, 0.15) is 29.5 Å². The van der Waals surface area contributed by atoms with Crippen LogP contribution in [0.25, 0.3) is 0 Å². The lowest BCUT2D eigenvalue weighted by atomic mass is 9.77. The Labute approximate surface area is 132 Å². The second-order valence-electron chi connectivity index (χ2n) is 6.06. The standard InChI is InChI=1S/C18H15FN2O2/c19-12-4-1-3-11(9-12)18-15-6-2-5-14(15)16-10-13(21(22)23)7-8-17(16)20-18/h1-5,7-10,14-15,18,20H,6H2/t14-,15+,18-/m1/s1. The van der Waals surface area contributed by atoms with Gasteiger partial charge in [0.2, 0.25) is 0 Å². The molecule has 2 aromatic rings. The maximum absolute atomic E-state index is 13.6. The van der Waals surface area contributed by atoms with Gasteiger partial charge in [0, 0.05) is 23.7 Å². The quantitative estimate of drug-likeness (QED) is 0.502. The van der Waals surface area contributed by atoms with E-state index in [4.69, 9.17) is 0 Å². The molecule has 1 aliphatic heterocycles. The molecule has 1 aliphatic carbocycles. The minimum absolute atomic E-state index is 0.000318. The Kier molecular flexibility index (Phi) is 3.15.